The molecule has 2 rings (SSSR count). The smallest absolute Gasteiger partial charge is 0.251 e. The van der Waals surface area contributed by atoms with Crippen molar-refractivity contribution in [1.29, 1.82) is 0 Å². The summed E-state index contributed by atoms with van der Waals surface area (Å²) < 4.78 is 5.29. The molecule has 2 saturated heterocycles. The largest absolute Gasteiger partial charge is 0.396 e. The number of aliphatic hydroxyl groups is 1. The van der Waals surface area contributed by atoms with Crippen LogP contribution in [0.3, 0.4) is 0 Å². The third kappa shape index (κ3) is 1.69. The number of hydrogen-bond acceptors (Lipinski definition) is 3. The van der Waals surface area contributed by atoms with Gasteiger partial charge in [-0.15, -0.1) is 0 Å². The number of carbonyl (C=O) groups is 1. The zero-order valence-corrected chi connectivity index (χ0v) is 7.61. The minimum Gasteiger partial charge on any atom is -0.396 e. The Bertz CT molecular complexity index is 195. The lowest BCUT2D eigenvalue weighted by Gasteiger charge is -2.39. The summed E-state index contributed by atoms with van der Waals surface area (Å²) in [7, 11) is 0. The lowest BCUT2D eigenvalue weighted by atomic mass is 10.0. The first kappa shape index (κ1) is 8.97. The zero-order chi connectivity index (χ0) is 9.26. The first-order valence-electron chi connectivity index (χ1n) is 4.82. The van der Waals surface area contributed by atoms with Gasteiger partial charge in [0.15, 0.2) is 0 Å². The maximum Gasteiger partial charge on any atom is 0.251 e. The molecule has 0 aliphatic carbocycles. The molecule has 2 aliphatic rings. The van der Waals surface area contributed by atoms with E-state index in [2.05, 4.69) is 0 Å². The Labute approximate surface area is 77.5 Å². The molecular weight excluding hydrogens is 170 g/mol. The maximum atomic E-state index is 11.6. The van der Waals surface area contributed by atoms with Crippen LogP contribution in [0.2, 0.25) is 0 Å². The molecule has 0 spiro atoms. The number of carbonyl (C=O) groups excluding carboxylic acids is 1. The first-order valence-corrected chi connectivity index (χ1v) is 4.82. The van der Waals surface area contributed by atoms with Gasteiger partial charge >= 0.3 is 0 Å². The van der Waals surface area contributed by atoms with E-state index in [1.165, 1.54) is 0 Å². The number of likely N-dealkylation sites (tertiary alicyclic amines) is 1. The summed E-state index contributed by atoms with van der Waals surface area (Å²) in [5.41, 5.74) is 0. The molecular formula is C9H15NO3. The highest BCUT2D eigenvalue weighted by Gasteiger charge is 2.35. The molecule has 1 atom stereocenters. The van der Waals surface area contributed by atoms with Crippen molar-refractivity contribution in [3.63, 3.8) is 0 Å². The van der Waals surface area contributed by atoms with Crippen LogP contribution in [-0.4, -0.2) is 48.3 Å². The van der Waals surface area contributed by atoms with Gasteiger partial charge in [0, 0.05) is 32.2 Å². The quantitative estimate of drug-likeness (QED) is 0.637. The summed E-state index contributed by atoms with van der Waals surface area (Å²) in [6, 6.07) is 0. The molecule has 0 aromatic rings. The summed E-state index contributed by atoms with van der Waals surface area (Å²) in [6.45, 7) is 2.31. The molecule has 0 aromatic carbocycles. The van der Waals surface area contributed by atoms with Crippen LogP contribution in [0.5, 0.6) is 0 Å². The maximum absolute atomic E-state index is 11.6. The third-order valence-electron chi connectivity index (χ3n) is 2.73. The van der Waals surface area contributed by atoms with Gasteiger partial charge in [-0.05, 0) is 12.8 Å². The SMILES string of the molecule is O=C([C@@H]1CCCO1)N1CC(CO)C1. The van der Waals surface area contributed by atoms with Gasteiger partial charge in [0.1, 0.15) is 6.10 Å². The lowest BCUT2D eigenvalue weighted by molar-refractivity contribution is -0.148. The second kappa shape index (κ2) is 3.64. The topological polar surface area (TPSA) is 49.8 Å². The van der Waals surface area contributed by atoms with Crippen LogP contribution >= 0.6 is 0 Å². The molecule has 13 heavy (non-hydrogen) atoms. The summed E-state index contributed by atoms with van der Waals surface area (Å²) in [5.74, 6) is 0.410. The number of hydrogen-bond donors (Lipinski definition) is 1. The molecule has 0 bridgehead atoms. The van der Waals surface area contributed by atoms with Crippen molar-refractivity contribution in [3.05, 3.63) is 0 Å². The number of amides is 1. The van der Waals surface area contributed by atoms with Gasteiger partial charge in [-0.1, -0.05) is 0 Å². The molecule has 4 nitrogen and oxygen atoms in total. The molecule has 2 fully saturated rings. The zero-order valence-electron chi connectivity index (χ0n) is 7.61. The van der Waals surface area contributed by atoms with Crippen molar-refractivity contribution in [1.82, 2.24) is 4.90 Å². The van der Waals surface area contributed by atoms with E-state index in [0.717, 1.165) is 12.8 Å². The first-order chi connectivity index (χ1) is 6.31. The van der Waals surface area contributed by atoms with Gasteiger partial charge in [0.25, 0.3) is 5.91 Å². The van der Waals surface area contributed by atoms with E-state index in [4.69, 9.17) is 9.84 Å². The summed E-state index contributed by atoms with van der Waals surface area (Å²) >= 11 is 0. The van der Waals surface area contributed by atoms with Crippen molar-refractivity contribution in [3.8, 4) is 0 Å². The van der Waals surface area contributed by atoms with E-state index in [9.17, 15) is 4.79 Å². The Morgan fingerprint density at radius 1 is 1.54 bits per heavy atom. The van der Waals surface area contributed by atoms with Crippen molar-refractivity contribution < 1.29 is 14.6 Å². The van der Waals surface area contributed by atoms with E-state index in [1.54, 1.807) is 4.90 Å². The van der Waals surface area contributed by atoms with Crippen molar-refractivity contribution in [2.75, 3.05) is 26.3 Å². The van der Waals surface area contributed by atoms with Gasteiger partial charge < -0.3 is 14.7 Å². The molecule has 0 radical (unpaired) electrons. The Balaban J connectivity index is 1.78. The van der Waals surface area contributed by atoms with E-state index in [1.807, 2.05) is 0 Å². The van der Waals surface area contributed by atoms with Crippen LogP contribution < -0.4 is 0 Å². The molecule has 74 valence electrons. The predicted octanol–water partition coefficient (Wildman–Crippen LogP) is -0.384. The second-order valence-corrected chi connectivity index (χ2v) is 3.79. The minimum atomic E-state index is -0.195. The standard InChI is InChI=1S/C9H15NO3/c11-6-7-4-10(5-7)9(12)8-2-1-3-13-8/h7-8,11H,1-6H2/t8-/m0/s1. The highest BCUT2D eigenvalue weighted by molar-refractivity contribution is 5.81. The van der Waals surface area contributed by atoms with Crippen molar-refractivity contribution in [2.45, 2.75) is 18.9 Å². The number of nitrogens with zero attached hydrogens (tertiary/aromatic N) is 1. The molecule has 2 aliphatic heterocycles. The van der Waals surface area contributed by atoms with Crippen LogP contribution in [0.25, 0.3) is 0 Å². The Morgan fingerprint density at radius 3 is 2.85 bits per heavy atom. The average molecular weight is 185 g/mol. The highest BCUT2D eigenvalue weighted by Crippen LogP contribution is 2.20. The van der Waals surface area contributed by atoms with Crippen molar-refractivity contribution >= 4 is 5.91 Å². The Morgan fingerprint density at radius 2 is 2.31 bits per heavy atom. The molecule has 2 heterocycles. The fourth-order valence-electron chi connectivity index (χ4n) is 1.84. The number of ether oxygens (including phenoxy) is 1. The molecule has 0 aromatic heterocycles. The normalized spacial score (nSPS) is 29.0. The molecule has 1 amide bonds. The van der Waals surface area contributed by atoms with E-state index >= 15 is 0 Å². The van der Waals surface area contributed by atoms with Crippen molar-refractivity contribution in [2.24, 2.45) is 5.92 Å². The van der Waals surface area contributed by atoms with Crippen LogP contribution in [0.1, 0.15) is 12.8 Å². The van der Waals surface area contributed by atoms with Gasteiger partial charge in [-0.2, -0.15) is 0 Å². The van der Waals surface area contributed by atoms with Crippen LogP contribution in [0, 0.1) is 5.92 Å². The van der Waals surface area contributed by atoms with Gasteiger partial charge in [0.2, 0.25) is 0 Å². The van der Waals surface area contributed by atoms with Gasteiger partial charge in [-0.25, -0.2) is 0 Å². The van der Waals surface area contributed by atoms with Gasteiger partial charge in [0.05, 0.1) is 0 Å². The summed E-state index contributed by atoms with van der Waals surface area (Å²) in [4.78, 5) is 13.4. The van der Waals surface area contributed by atoms with Crippen LogP contribution in [0.4, 0.5) is 0 Å². The predicted molar refractivity (Wildman–Crippen MR) is 46.1 cm³/mol. The highest BCUT2D eigenvalue weighted by atomic mass is 16.5. The van der Waals surface area contributed by atoms with Gasteiger partial charge in [-0.3, -0.25) is 4.79 Å². The second-order valence-electron chi connectivity index (χ2n) is 3.79. The Kier molecular flexibility index (Phi) is 2.51. The van der Waals surface area contributed by atoms with Crippen LogP contribution in [-0.2, 0) is 9.53 Å². The average Bonchev–Trinajstić information content (AvgIpc) is 2.53. The van der Waals surface area contributed by atoms with E-state index in [-0.39, 0.29) is 18.6 Å². The number of rotatable bonds is 2. The fourth-order valence-corrected chi connectivity index (χ4v) is 1.84. The monoisotopic (exact) mass is 185 g/mol. The molecule has 0 unspecified atom stereocenters. The van der Waals surface area contributed by atoms with Crippen LogP contribution in [0.15, 0.2) is 0 Å². The fraction of sp³-hybridized carbons (Fsp3) is 0.889. The van der Waals surface area contributed by atoms with E-state index < -0.39 is 0 Å². The number of aliphatic hydroxyl groups excluding tert-OH is 1. The molecule has 0 saturated carbocycles. The lowest BCUT2D eigenvalue weighted by Crippen LogP contribution is -2.54. The van der Waals surface area contributed by atoms with E-state index in [0.29, 0.717) is 25.6 Å². The Hall–Kier alpha value is -0.610. The minimum absolute atomic E-state index is 0.113. The summed E-state index contributed by atoms with van der Waals surface area (Å²) in [6.07, 6.45) is 1.66. The molecule has 4 heteroatoms. The third-order valence-corrected chi connectivity index (χ3v) is 2.73. The summed E-state index contributed by atoms with van der Waals surface area (Å²) in [5, 5.41) is 8.78. The molecule has 1 N–H and O–H groups in total.